The number of amides is 2. The predicted octanol–water partition coefficient (Wildman–Crippen LogP) is 1.43. The summed E-state index contributed by atoms with van der Waals surface area (Å²) in [6, 6.07) is 11.2. The third kappa shape index (κ3) is 1.73. The van der Waals surface area contributed by atoms with Crippen LogP contribution in [0, 0.1) is 6.92 Å². The Bertz CT molecular complexity index is 735. The molecule has 0 atom stereocenters. The van der Waals surface area contributed by atoms with Gasteiger partial charge in [0.2, 0.25) is 0 Å². The largest absolute Gasteiger partial charge is 0.369 e. The number of carbonyl (C=O) groups is 1. The maximum Gasteiger partial charge on any atom is 0.369 e. The number of urea groups is 1. The summed E-state index contributed by atoms with van der Waals surface area (Å²) in [4.78, 5) is 22.8. The zero-order valence-electron chi connectivity index (χ0n) is 9.21. The Kier molecular flexibility index (Phi) is 2.08. The zero-order valence-corrected chi connectivity index (χ0v) is 9.21. The average molecular weight is 223 g/mol. The number of hydrogen-bond donors (Lipinski definition) is 0. The Hall–Kier alpha value is -2.36. The highest BCUT2D eigenvalue weighted by Crippen LogP contribution is 2.15. The SMILES string of the molecule is Cc1cccc(-c2ccc3c(n2)=NC(=O)N=3)c1. The summed E-state index contributed by atoms with van der Waals surface area (Å²) in [5, 5.41) is 0.548. The molecule has 0 spiro atoms. The van der Waals surface area contributed by atoms with Crippen molar-refractivity contribution < 1.29 is 4.79 Å². The summed E-state index contributed by atoms with van der Waals surface area (Å²) < 4.78 is 0. The highest BCUT2D eigenvalue weighted by molar-refractivity contribution is 5.77. The van der Waals surface area contributed by atoms with E-state index in [0.29, 0.717) is 10.8 Å². The maximum absolute atomic E-state index is 11.0. The van der Waals surface area contributed by atoms with Gasteiger partial charge in [0.15, 0.2) is 5.49 Å². The molecule has 0 radical (unpaired) electrons. The molecule has 1 aromatic heterocycles. The number of hydrogen-bond acceptors (Lipinski definition) is 2. The summed E-state index contributed by atoms with van der Waals surface area (Å²) in [5.74, 6) is 0. The summed E-state index contributed by atoms with van der Waals surface area (Å²) in [7, 11) is 0. The number of aryl methyl sites for hydroxylation is 1. The maximum atomic E-state index is 11.0. The second-order valence-electron chi connectivity index (χ2n) is 3.91. The van der Waals surface area contributed by atoms with Gasteiger partial charge in [-0.1, -0.05) is 23.8 Å². The highest BCUT2D eigenvalue weighted by Gasteiger charge is 2.07. The number of aromatic nitrogens is 1. The molecule has 4 nitrogen and oxygen atoms in total. The second kappa shape index (κ2) is 3.59. The third-order valence-corrected chi connectivity index (χ3v) is 2.59. The molecule has 0 saturated heterocycles. The molecule has 2 amide bonds. The lowest BCUT2D eigenvalue weighted by molar-refractivity contribution is 0.256. The van der Waals surface area contributed by atoms with Gasteiger partial charge in [-0.2, -0.15) is 9.98 Å². The molecule has 3 rings (SSSR count). The van der Waals surface area contributed by atoms with Gasteiger partial charge in [-0.3, -0.25) is 0 Å². The first-order valence-electron chi connectivity index (χ1n) is 5.28. The Labute approximate surface area is 97.4 Å². The van der Waals surface area contributed by atoms with Crippen molar-refractivity contribution in [1.82, 2.24) is 4.98 Å². The predicted molar refractivity (Wildman–Crippen MR) is 62.1 cm³/mol. The first kappa shape index (κ1) is 9.84. The first-order valence-corrected chi connectivity index (χ1v) is 5.28. The lowest BCUT2D eigenvalue weighted by atomic mass is 10.1. The van der Waals surface area contributed by atoms with Crippen molar-refractivity contribution in [2.24, 2.45) is 9.98 Å². The van der Waals surface area contributed by atoms with Crippen LogP contribution in [0.2, 0.25) is 0 Å². The van der Waals surface area contributed by atoms with Gasteiger partial charge < -0.3 is 0 Å². The summed E-state index contributed by atoms with van der Waals surface area (Å²) >= 11 is 0. The van der Waals surface area contributed by atoms with Crippen LogP contribution < -0.4 is 10.8 Å². The molecule has 0 bridgehead atoms. The Morgan fingerprint density at radius 1 is 1.06 bits per heavy atom. The molecular weight excluding hydrogens is 214 g/mol. The van der Waals surface area contributed by atoms with E-state index in [4.69, 9.17) is 0 Å². The molecule has 2 aromatic rings. The van der Waals surface area contributed by atoms with Crippen LogP contribution in [0.4, 0.5) is 4.79 Å². The van der Waals surface area contributed by atoms with Gasteiger partial charge in [-0.05, 0) is 25.1 Å². The smallest absolute Gasteiger partial charge is 0.244 e. The standard InChI is InChI=1S/C13H9N3O/c1-8-3-2-4-9(7-8)10-5-6-11-12(14-10)16-13(17)15-11/h2-7H,1H3. The molecule has 0 fully saturated rings. The topological polar surface area (TPSA) is 54.7 Å². The van der Waals surface area contributed by atoms with Gasteiger partial charge in [0.05, 0.1) is 5.69 Å². The van der Waals surface area contributed by atoms with Gasteiger partial charge in [0.1, 0.15) is 5.36 Å². The number of fused-ring (bicyclic) bond motifs is 1. The fourth-order valence-electron chi connectivity index (χ4n) is 1.79. The van der Waals surface area contributed by atoms with E-state index in [2.05, 4.69) is 15.0 Å². The number of pyridine rings is 1. The van der Waals surface area contributed by atoms with Gasteiger partial charge in [0.25, 0.3) is 0 Å². The van der Waals surface area contributed by atoms with Crippen molar-refractivity contribution >= 4 is 6.03 Å². The van der Waals surface area contributed by atoms with Crippen molar-refractivity contribution in [1.29, 1.82) is 0 Å². The molecule has 1 aliphatic heterocycles. The molecule has 0 unspecified atom stereocenters. The second-order valence-corrected chi connectivity index (χ2v) is 3.91. The van der Waals surface area contributed by atoms with E-state index >= 15 is 0 Å². The van der Waals surface area contributed by atoms with Crippen molar-refractivity contribution in [3.05, 3.63) is 52.8 Å². The summed E-state index contributed by atoms with van der Waals surface area (Å²) in [6.07, 6.45) is 0. The normalized spacial score (nSPS) is 12.9. The molecule has 0 saturated carbocycles. The summed E-state index contributed by atoms with van der Waals surface area (Å²) in [5.41, 5.74) is 3.40. The lowest BCUT2D eigenvalue weighted by Gasteiger charge is -2.00. The number of benzene rings is 1. The molecule has 0 N–H and O–H groups in total. The van der Waals surface area contributed by atoms with Gasteiger partial charge in [-0.25, -0.2) is 9.78 Å². The third-order valence-electron chi connectivity index (χ3n) is 2.59. The molecule has 1 aromatic carbocycles. The monoisotopic (exact) mass is 223 g/mol. The Morgan fingerprint density at radius 3 is 2.76 bits per heavy atom. The molecule has 17 heavy (non-hydrogen) atoms. The van der Waals surface area contributed by atoms with Gasteiger partial charge in [0, 0.05) is 5.56 Å². The molecular formula is C13H9N3O. The van der Waals surface area contributed by atoms with E-state index in [-0.39, 0.29) is 0 Å². The lowest BCUT2D eigenvalue weighted by Crippen LogP contribution is -2.25. The van der Waals surface area contributed by atoms with Crippen LogP contribution in [0.3, 0.4) is 0 Å². The molecule has 82 valence electrons. The minimum Gasteiger partial charge on any atom is -0.244 e. The van der Waals surface area contributed by atoms with Crippen molar-refractivity contribution in [3.8, 4) is 11.3 Å². The number of rotatable bonds is 1. The zero-order chi connectivity index (χ0) is 11.8. The molecule has 0 aliphatic carbocycles. The molecule has 2 heterocycles. The minimum atomic E-state index is -0.478. The summed E-state index contributed by atoms with van der Waals surface area (Å²) in [6.45, 7) is 2.03. The van der Waals surface area contributed by atoms with E-state index < -0.39 is 6.03 Å². The number of nitrogens with zero attached hydrogens (tertiary/aromatic N) is 3. The molecule has 1 aliphatic rings. The average Bonchev–Trinajstić information content (AvgIpc) is 2.68. The van der Waals surface area contributed by atoms with Crippen LogP contribution in [-0.4, -0.2) is 11.0 Å². The van der Waals surface area contributed by atoms with Crippen LogP contribution in [-0.2, 0) is 0 Å². The fraction of sp³-hybridized carbons (Fsp3) is 0.0769. The molecule has 4 heteroatoms. The van der Waals surface area contributed by atoms with Crippen molar-refractivity contribution in [2.75, 3.05) is 0 Å². The van der Waals surface area contributed by atoms with Crippen LogP contribution in [0.25, 0.3) is 11.3 Å². The highest BCUT2D eigenvalue weighted by atomic mass is 16.2. The van der Waals surface area contributed by atoms with Crippen LogP contribution in [0.5, 0.6) is 0 Å². The van der Waals surface area contributed by atoms with E-state index in [1.807, 2.05) is 37.3 Å². The van der Waals surface area contributed by atoms with Gasteiger partial charge >= 0.3 is 6.03 Å². The van der Waals surface area contributed by atoms with Gasteiger partial charge in [-0.15, -0.1) is 0 Å². The van der Waals surface area contributed by atoms with E-state index in [1.165, 1.54) is 5.56 Å². The van der Waals surface area contributed by atoms with Crippen molar-refractivity contribution in [2.45, 2.75) is 6.92 Å². The first-order chi connectivity index (χ1) is 8.22. The van der Waals surface area contributed by atoms with Crippen LogP contribution >= 0.6 is 0 Å². The Balaban J connectivity index is 2.20. The number of carbonyl (C=O) groups excluding carboxylic acids is 1. The Morgan fingerprint density at radius 2 is 1.94 bits per heavy atom. The van der Waals surface area contributed by atoms with E-state index in [0.717, 1.165) is 11.3 Å². The van der Waals surface area contributed by atoms with E-state index in [9.17, 15) is 4.79 Å². The quantitative estimate of drug-likeness (QED) is 0.734. The minimum absolute atomic E-state index is 0.411. The van der Waals surface area contributed by atoms with E-state index in [1.54, 1.807) is 6.07 Å². The van der Waals surface area contributed by atoms with Crippen molar-refractivity contribution in [3.63, 3.8) is 0 Å². The van der Waals surface area contributed by atoms with Crippen LogP contribution in [0.15, 0.2) is 46.4 Å². The van der Waals surface area contributed by atoms with Crippen LogP contribution in [0.1, 0.15) is 5.56 Å². The fourth-order valence-corrected chi connectivity index (χ4v) is 1.79.